The van der Waals surface area contributed by atoms with Crippen molar-refractivity contribution in [1.29, 1.82) is 5.41 Å². The Kier molecular flexibility index (Phi) is 7.14. The van der Waals surface area contributed by atoms with Crippen LogP contribution in [-0.4, -0.2) is 42.4 Å². The summed E-state index contributed by atoms with van der Waals surface area (Å²) in [5.41, 5.74) is 1.32. The van der Waals surface area contributed by atoms with Crippen molar-refractivity contribution in [3.63, 3.8) is 0 Å². The summed E-state index contributed by atoms with van der Waals surface area (Å²) in [5.74, 6) is 0.0651. The molecule has 0 heterocycles. The molecule has 0 unspecified atom stereocenters. The minimum atomic E-state index is -2.86. The Hall–Kier alpha value is -0.960. The van der Waals surface area contributed by atoms with Crippen LogP contribution in [0.3, 0.4) is 0 Å². The van der Waals surface area contributed by atoms with Crippen molar-refractivity contribution in [3.05, 3.63) is 23.8 Å². The average Bonchev–Trinajstić information content (AvgIpc) is 2.34. The zero-order valence-electron chi connectivity index (χ0n) is 11.4. The van der Waals surface area contributed by atoms with E-state index in [-0.39, 0.29) is 9.47 Å². The van der Waals surface area contributed by atoms with Gasteiger partial charge in [0.25, 0.3) is 0 Å². The van der Waals surface area contributed by atoms with Crippen LogP contribution >= 0.6 is 22.6 Å². The van der Waals surface area contributed by atoms with Crippen molar-refractivity contribution >= 4 is 32.0 Å². The fourth-order valence-electron chi connectivity index (χ4n) is 1.65. The van der Waals surface area contributed by atoms with E-state index in [1.807, 2.05) is 36.7 Å². The standard InChI is InChI=1S/C13H18F2IN3O/c1-19(2)7-3-6-18-11-5-4-9(20-13(14)15)8-10(11)12(16)17/h4-5,8,13,17-18H,3,6-7H2,1-2H3. The molecule has 0 radical (unpaired) electrons. The van der Waals surface area contributed by atoms with Crippen molar-refractivity contribution in [2.75, 3.05) is 32.5 Å². The number of alkyl halides is 2. The molecule has 7 heteroatoms. The van der Waals surface area contributed by atoms with Gasteiger partial charge in [-0.05, 0) is 67.9 Å². The molecule has 1 aromatic rings. The monoisotopic (exact) mass is 397 g/mol. The molecule has 0 aromatic heterocycles. The van der Waals surface area contributed by atoms with Crippen LogP contribution in [0.25, 0.3) is 0 Å². The third kappa shape index (κ3) is 6.00. The average molecular weight is 397 g/mol. The summed E-state index contributed by atoms with van der Waals surface area (Å²) in [4.78, 5) is 2.09. The van der Waals surface area contributed by atoms with Gasteiger partial charge in [0.15, 0.2) is 0 Å². The van der Waals surface area contributed by atoms with Gasteiger partial charge in [0, 0.05) is 17.8 Å². The Balaban J connectivity index is 2.72. The minimum absolute atomic E-state index is 0.0651. The second-order valence-electron chi connectivity index (χ2n) is 4.48. The van der Waals surface area contributed by atoms with Gasteiger partial charge in [0.1, 0.15) is 9.47 Å². The highest BCUT2D eigenvalue weighted by Gasteiger charge is 2.10. The van der Waals surface area contributed by atoms with Gasteiger partial charge >= 0.3 is 6.61 Å². The summed E-state index contributed by atoms with van der Waals surface area (Å²) in [7, 11) is 4.00. The lowest BCUT2D eigenvalue weighted by atomic mass is 10.1. The zero-order chi connectivity index (χ0) is 15.1. The largest absolute Gasteiger partial charge is 0.435 e. The van der Waals surface area contributed by atoms with Gasteiger partial charge in [-0.15, -0.1) is 0 Å². The van der Waals surface area contributed by atoms with Crippen molar-refractivity contribution < 1.29 is 13.5 Å². The van der Waals surface area contributed by atoms with Gasteiger partial charge in [-0.1, -0.05) is 0 Å². The molecule has 0 atom stereocenters. The molecule has 1 rings (SSSR count). The molecule has 0 bridgehead atoms. The first-order valence-electron chi connectivity index (χ1n) is 6.12. The first-order chi connectivity index (χ1) is 9.40. The maximum absolute atomic E-state index is 12.2. The number of ether oxygens (including phenoxy) is 1. The predicted molar refractivity (Wildman–Crippen MR) is 85.6 cm³/mol. The SMILES string of the molecule is CN(C)CCCNc1ccc(OC(F)F)cc1C(=N)I. The minimum Gasteiger partial charge on any atom is -0.435 e. The van der Waals surface area contributed by atoms with Gasteiger partial charge in [0.2, 0.25) is 0 Å². The van der Waals surface area contributed by atoms with E-state index < -0.39 is 6.61 Å². The van der Waals surface area contributed by atoms with E-state index >= 15 is 0 Å². The van der Waals surface area contributed by atoms with E-state index in [1.165, 1.54) is 12.1 Å². The first kappa shape index (κ1) is 17.1. The van der Waals surface area contributed by atoms with Gasteiger partial charge in [-0.25, -0.2) is 0 Å². The number of benzene rings is 1. The van der Waals surface area contributed by atoms with Crippen LogP contribution < -0.4 is 10.1 Å². The Morgan fingerprint density at radius 2 is 2.15 bits per heavy atom. The molecule has 0 saturated heterocycles. The quantitative estimate of drug-likeness (QED) is 0.402. The summed E-state index contributed by atoms with van der Waals surface area (Å²) in [6, 6.07) is 4.59. The number of hydrogen-bond acceptors (Lipinski definition) is 4. The van der Waals surface area contributed by atoms with E-state index in [0.29, 0.717) is 5.56 Å². The lowest BCUT2D eigenvalue weighted by molar-refractivity contribution is -0.0498. The number of halogens is 3. The second-order valence-corrected chi connectivity index (χ2v) is 5.56. The molecule has 0 aliphatic carbocycles. The summed E-state index contributed by atoms with van der Waals surface area (Å²) in [6.07, 6.45) is 0.955. The summed E-state index contributed by atoms with van der Waals surface area (Å²) in [5, 5.41) is 10.9. The zero-order valence-corrected chi connectivity index (χ0v) is 13.6. The molecular weight excluding hydrogens is 379 g/mol. The fourth-order valence-corrected chi connectivity index (χ4v) is 2.10. The van der Waals surface area contributed by atoms with Crippen molar-refractivity contribution in [2.24, 2.45) is 0 Å². The number of hydrogen-bond donors (Lipinski definition) is 2. The Morgan fingerprint density at radius 3 is 2.70 bits per heavy atom. The van der Waals surface area contributed by atoms with Crippen LogP contribution in [0.5, 0.6) is 5.75 Å². The third-order valence-corrected chi connectivity index (χ3v) is 3.13. The molecule has 2 N–H and O–H groups in total. The molecule has 0 saturated carbocycles. The van der Waals surface area contributed by atoms with Crippen molar-refractivity contribution in [1.82, 2.24) is 4.90 Å². The molecule has 0 aliphatic heterocycles. The third-order valence-electron chi connectivity index (χ3n) is 2.55. The second kappa shape index (κ2) is 8.35. The van der Waals surface area contributed by atoms with Crippen molar-refractivity contribution in [3.8, 4) is 5.75 Å². The van der Waals surface area contributed by atoms with Crippen molar-refractivity contribution in [2.45, 2.75) is 13.0 Å². The van der Waals surface area contributed by atoms with Gasteiger partial charge in [-0.3, -0.25) is 5.41 Å². The van der Waals surface area contributed by atoms with Crippen LogP contribution in [0.1, 0.15) is 12.0 Å². The maximum atomic E-state index is 12.2. The smallest absolute Gasteiger partial charge is 0.387 e. The topological polar surface area (TPSA) is 48.4 Å². The number of nitrogens with zero attached hydrogens (tertiary/aromatic N) is 1. The van der Waals surface area contributed by atoms with Crippen LogP contribution in [0.15, 0.2) is 18.2 Å². The van der Waals surface area contributed by atoms with E-state index in [1.54, 1.807) is 6.07 Å². The summed E-state index contributed by atoms with van der Waals surface area (Å²) >= 11 is 1.85. The van der Waals surface area contributed by atoms with Crippen LogP contribution in [0, 0.1) is 5.41 Å². The number of rotatable bonds is 8. The van der Waals surface area contributed by atoms with E-state index in [0.717, 1.165) is 25.2 Å². The summed E-state index contributed by atoms with van der Waals surface area (Å²) < 4.78 is 29.0. The Labute approximate surface area is 131 Å². The van der Waals surface area contributed by atoms with Gasteiger partial charge in [-0.2, -0.15) is 8.78 Å². The van der Waals surface area contributed by atoms with E-state index in [2.05, 4.69) is 15.0 Å². The summed E-state index contributed by atoms with van der Waals surface area (Å²) in [6.45, 7) is -1.15. The molecule has 0 spiro atoms. The van der Waals surface area contributed by atoms with Gasteiger partial charge < -0.3 is 15.0 Å². The lowest BCUT2D eigenvalue weighted by Gasteiger charge is -2.14. The number of anilines is 1. The molecular formula is C13H18F2IN3O. The molecule has 0 fully saturated rings. The molecule has 112 valence electrons. The molecule has 0 aliphatic rings. The van der Waals surface area contributed by atoms with E-state index in [9.17, 15) is 8.78 Å². The fraction of sp³-hybridized carbons (Fsp3) is 0.462. The molecule has 0 amide bonds. The lowest BCUT2D eigenvalue weighted by Crippen LogP contribution is -2.17. The maximum Gasteiger partial charge on any atom is 0.387 e. The molecule has 20 heavy (non-hydrogen) atoms. The Morgan fingerprint density at radius 1 is 1.45 bits per heavy atom. The molecule has 1 aromatic carbocycles. The molecule has 4 nitrogen and oxygen atoms in total. The number of nitrogens with one attached hydrogen (secondary N) is 2. The highest BCUT2D eigenvalue weighted by molar-refractivity contribution is 14.1. The predicted octanol–water partition coefficient (Wildman–Crippen LogP) is 3.41. The highest BCUT2D eigenvalue weighted by Crippen LogP contribution is 2.25. The normalized spacial score (nSPS) is 10.9. The van der Waals surface area contributed by atoms with E-state index in [4.69, 9.17) is 5.41 Å². The Bertz CT molecular complexity index is 455. The van der Waals surface area contributed by atoms with Gasteiger partial charge in [0.05, 0.1) is 0 Å². The van der Waals surface area contributed by atoms with Crippen LogP contribution in [-0.2, 0) is 0 Å². The first-order valence-corrected chi connectivity index (χ1v) is 7.20. The van der Waals surface area contributed by atoms with Crippen LogP contribution in [0.4, 0.5) is 14.5 Å². The van der Waals surface area contributed by atoms with Crippen LogP contribution in [0.2, 0.25) is 0 Å². The highest BCUT2D eigenvalue weighted by atomic mass is 127.